The van der Waals surface area contributed by atoms with Crippen molar-refractivity contribution < 1.29 is 19.1 Å². The van der Waals surface area contributed by atoms with Gasteiger partial charge in [0.15, 0.2) is 5.92 Å². The monoisotopic (exact) mass is 232 g/mol. The summed E-state index contributed by atoms with van der Waals surface area (Å²) in [6, 6.07) is 9.47. The summed E-state index contributed by atoms with van der Waals surface area (Å²) in [6.07, 6.45) is 2.35. The largest absolute Gasteiger partial charge is 0.421 e. The van der Waals surface area contributed by atoms with Crippen LogP contribution in [0.5, 0.6) is 0 Å². The van der Waals surface area contributed by atoms with Gasteiger partial charge in [0.2, 0.25) is 0 Å². The van der Waals surface area contributed by atoms with Gasteiger partial charge in [0, 0.05) is 0 Å². The van der Waals surface area contributed by atoms with Gasteiger partial charge in [-0.3, -0.25) is 9.59 Å². The van der Waals surface area contributed by atoms with Crippen LogP contribution in [-0.4, -0.2) is 18.2 Å². The van der Waals surface area contributed by atoms with Crippen LogP contribution in [-0.2, 0) is 19.1 Å². The zero-order chi connectivity index (χ0) is 12.3. The first-order valence-electron chi connectivity index (χ1n) is 5.31. The Labute approximate surface area is 98.8 Å². The molecule has 17 heavy (non-hydrogen) atoms. The molecule has 0 N–H and O–H groups in total. The molecule has 0 bridgehead atoms. The van der Waals surface area contributed by atoms with Crippen molar-refractivity contribution >= 4 is 18.0 Å². The molecule has 2 rings (SSSR count). The first-order chi connectivity index (χ1) is 8.16. The minimum atomic E-state index is -0.925. The van der Waals surface area contributed by atoms with Crippen molar-refractivity contribution in [2.45, 2.75) is 13.2 Å². The molecule has 0 aliphatic carbocycles. The van der Waals surface area contributed by atoms with Gasteiger partial charge in [-0.15, -0.1) is 0 Å². The van der Waals surface area contributed by atoms with Gasteiger partial charge in [-0.2, -0.15) is 0 Å². The van der Waals surface area contributed by atoms with Crippen molar-refractivity contribution in [2.75, 3.05) is 0 Å². The third kappa shape index (κ3) is 2.72. The molecule has 4 nitrogen and oxygen atoms in total. The average Bonchev–Trinajstić information content (AvgIpc) is 2.34. The highest BCUT2D eigenvalue weighted by molar-refractivity contribution is 5.96. The van der Waals surface area contributed by atoms with Crippen molar-refractivity contribution in [3.8, 4) is 0 Å². The van der Waals surface area contributed by atoms with Crippen molar-refractivity contribution in [3.63, 3.8) is 0 Å². The number of carbonyl (C=O) groups is 2. The highest BCUT2D eigenvalue weighted by atomic mass is 16.7. The quantitative estimate of drug-likeness (QED) is 0.576. The van der Waals surface area contributed by atoms with E-state index in [-0.39, 0.29) is 0 Å². The molecule has 1 aliphatic rings. The van der Waals surface area contributed by atoms with E-state index in [2.05, 4.69) is 0 Å². The lowest BCUT2D eigenvalue weighted by Crippen LogP contribution is -2.38. The minimum absolute atomic E-state index is 0.552. The summed E-state index contributed by atoms with van der Waals surface area (Å²) in [5, 5.41) is 0. The van der Waals surface area contributed by atoms with E-state index in [1.165, 1.54) is 13.0 Å². The maximum Gasteiger partial charge on any atom is 0.323 e. The summed E-state index contributed by atoms with van der Waals surface area (Å²) < 4.78 is 9.84. The van der Waals surface area contributed by atoms with Crippen molar-refractivity contribution in [3.05, 3.63) is 42.0 Å². The summed E-state index contributed by atoms with van der Waals surface area (Å²) in [6.45, 7) is 1.46. The molecule has 0 unspecified atom stereocenters. The van der Waals surface area contributed by atoms with Crippen LogP contribution >= 0.6 is 0 Å². The van der Waals surface area contributed by atoms with E-state index in [0.29, 0.717) is 0 Å². The molecule has 88 valence electrons. The number of rotatable bonds is 2. The third-order valence-corrected chi connectivity index (χ3v) is 2.42. The molecule has 1 aromatic rings. The Bertz CT molecular complexity index is 432. The summed E-state index contributed by atoms with van der Waals surface area (Å²) in [7, 11) is 0. The van der Waals surface area contributed by atoms with Crippen molar-refractivity contribution in [2.24, 2.45) is 5.92 Å². The Hall–Kier alpha value is -2.10. The number of hydrogen-bond donors (Lipinski definition) is 0. The third-order valence-electron chi connectivity index (χ3n) is 2.42. The van der Waals surface area contributed by atoms with Crippen LogP contribution in [0.1, 0.15) is 12.5 Å². The molecule has 0 aromatic heterocycles. The molecule has 0 radical (unpaired) electrons. The highest BCUT2D eigenvalue weighted by Gasteiger charge is 2.34. The maximum absolute atomic E-state index is 11.3. The Morgan fingerprint density at radius 3 is 2.24 bits per heavy atom. The lowest BCUT2D eigenvalue weighted by Gasteiger charge is -2.23. The maximum atomic E-state index is 11.3. The smallest absolute Gasteiger partial charge is 0.323 e. The highest BCUT2D eigenvalue weighted by Crippen LogP contribution is 2.15. The minimum Gasteiger partial charge on any atom is -0.421 e. The number of cyclic esters (lactones) is 2. The normalized spacial score (nSPS) is 24.5. The molecule has 0 saturated carbocycles. The summed E-state index contributed by atoms with van der Waals surface area (Å²) >= 11 is 0. The second kappa shape index (κ2) is 4.82. The number of ether oxygens (including phenoxy) is 2. The van der Waals surface area contributed by atoms with Gasteiger partial charge < -0.3 is 9.47 Å². The van der Waals surface area contributed by atoms with Gasteiger partial charge in [-0.1, -0.05) is 36.4 Å². The molecule has 1 heterocycles. The molecule has 0 amide bonds. The molecule has 1 aromatic carbocycles. The molecule has 4 heteroatoms. The van der Waals surface area contributed by atoms with Gasteiger partial charge in [0.1, 0.15) is 0 Å². The lowest BCUT2D eigenvalue weighted by atomic mass is 10.1. The molecular weight excluding hydrogens is 220 g/mol. The van der Waals surface area contributed by atoms with E-state index in [9.17, 15) is 9.59 Å². The van der Waals surface area contributed by atoms with E-state index in [1.54, 1.807) is 6.08 Å². The van der Waals surface area contributed by atoms with E-state index in [4.69, 9.17) is 9.47 Å². The fourth-order valence-electron chi connectivity index (χ4n) is 1.39. The second-order valence-corrected chi connectivity index (χ2v) is 3.73. The molecule has 0 atom stereocenters. The Kier molecular flexibility index (Phi) is 3.23. The van der Waals surface area contributed by atoms with Crippen LogP contribution in [0.2, 0.25) is 0 Å². The fraction of sp³-hybridized carbons (Fsp3) is 0.231. The van der Waals surface area contributed by atoms with Crippen LogP contribution in [0, 0.1) is 5.92 Å². The van der Waals surface area contributed by atoms with E-state index < -0.39 is 24.1 Å². The van der Waals surface area contributed by atoms with Crippen LogP contribution in [0.3, 0.4) is 0 Å². The number of esters is 2. The first-order valence-corrected chi connectivity index (χ1v) is 5.31. The predicted octanol–water partition coefficient (Wildman–Crippen LogP) is 1.76. The summed E-state index contributed by atoms with van der Waals surface area (Å²) in [5.41, 5.74) is 0.943. The first kappa shape index (κ1) is 11.4. The summed E-state index contributed by atoms with van der Waals surface area (Å²) in [4.78, 5) is 22.5. The fourth-order valence-corrected chi connectivity index (χ4v) is 1.39. The second-order valence-electron chi connectivity index (χ2n) is 3.73. The van der Waals surface area contributed by atoms with Crippen LogP contribution < -0.4 is 0 Å². The van der Waals surface area contributed by atoms with Crippen molar-refractivity contribution in [1.82, 2.24) is 0 Å². The number of carbonyl (C=O) groups excluding carboxylic acids is 2. The SMILES string of the molecule is CC1C(=O)OC(C=Cc2ccccc2)OC1=O. The van der Waals surface area contributed by atoms with E-state index in [0.717, 1.165) is 5.56 Å². The number of hydrogen-bond acceptors (Lipinski definition) is 4. The Morgan fingerprint density at radius 1 is 1.06 bits per heavy atom. The standard InChI is InChI=1S/C13H12O4/c1-9-12(14)16-11(17-13(9)15)8-7-10-5-3-2-4-6-10/h2-9,11H,1H3. The van der Waals surface area contributed by atoms with Gasteiger partial charge in [0.25, 0.3) is 6.29 Å². The van der Waals surface area contributed by atoms with Gasteiger partial charge >= 0.3 is 11.9 Å². The van der Waals surface area contributed by atoms with E-state index in [1.807, 2.05) is 30.3 Å². The molecular formula is C13H12O4. The molecule has 1 aliphatic heterocycles. The zero-order valence-electron chi connectivity index (χ0n) is 9.33. The zero-order valence-corrected chi connectivity index (χ0v) is 9.33. The van der Waals surface area contributed by atoms with E-state index >= 15 is 0 Å². The lowest BCUT2D eigenvalue weighted by molar-refractivity contribution is -0.201. The number of benzene rings is 1. The van der Waals surface area contributed by atoms with Crippen LogP contribution in [0.15, 0.2) is 36.4 Å². The topological polar surface area (TPSA) is 52.6 Å². The Balaban J connectivity index is 2.03. The predicted molar refractivity (Wildman–Crippen MR) is 60.6 cm³/mol. The van der Waals surface area contributed by atoms with Crippen LogP contribution in [0.4, 0.5) is 0 Å². The molecule has 1 fully saturated rings. The van der Waals surface area contributed by atoms with Crippen molar-refractivity contribution in [1.29, 1.82) is 0 Å². The molecule has 0 spiro atoms. The van der Waals surface area contributed by atoms with Crippen LogP contribution in [0.25, 0.3) is 6.08 Å². The van der Waals surface area contributed by atoms with Gasteiger partial charge in [-0.25, -0.2) is 0 Å². The average molecular weight is 232 g/mol. The summed E-state index contributed by atoms with van der Waals surface area (Å²) in [5.74, 6) is -1.94. The van der Waals surface area contributed by atoms with Gasteiger partial charge in [-0.05, 0) is 18.6 Å². The van der Waals surface area contributed by atoms with Gasteiger partial charge in [0.05, 0.1) is 0 Å². The Morgan fingerprint density at radius 2 is 1.65 bits per heavy atom. The molecule has 1 saturated heterocycles.